The number of hydrogen-bond donors (Lipinski definition) is 1. The summed E-state index contributed by atoms with van der Waals surface area (Å²) in [5.41, 5.74) is 1.97. The van der Waals surface area contributed by atoms with E-state index in [1.807, 2.05) is 54.3 Å². The van der Waals surface area contributed by atoms with Gasteiger partial charge >= 0.3 is 5.97 Å². The molecule has 1 fully saturated rings. The molecule has 1 aromatic heterocycles. The predicted octanol–water partition coefficient (Wildman–Crippen LogP) is 2.80. The molecule has 142 valence electrons. The molecule has 1 aliphatic rings. The Hall–Kier alpha value is -2.89. The predicted molar refractivity (Wildman–Crippen MR) is 103 cm³/mol. The van der Waals surface area contributed by atoms with Crippen molar-refractivity contribution in [3.8, 4) is 0 Å². The smallest absolute Gasteiger partial charge is 0.308 e. The van der Waals surface area contributed by atoms with Crippen LogP contribution in [0.25, 0.3) is 0 Å². The quantitative estimate of drug-likeness (QED) is 0.850. The Morgan fingerprint density at radius 2 is 1.96 bits per heavy atom. The second kappa shape index (κ2) is 8.66. The van der Waals surface area contributed by atoms with Crippen LogP contribution in [-0.2, 0) is 16.1 Å². The molecule has 3 rings (SSSR count). The lowest BCUT2D eigenvalue weighted by Crippen LogP contribution is -2.50. The van der Waals surface area contributed by atoms with E-state index in [0.29, 0.717) is 13.0 Å². The SMILES string of the molecule is CC1CCC(C(=O)O)CN1C(=O)CN(Cc1cccnc1)c1ccccc1. The molecule has 0 aliphatic carbocycles. The highest BCUT2D eigenvalue weighted by molar-refractivity contribution is 5.82. The fourth-order valence-electron chi connectivity index (χ4n) is 3.50. The standard InChI is InChI=1S/C21H25N3O3/c1-16-9-10-18(21(26)27)14-24(16)20(25)15-23(19-7-3-2-4-8-19)13-17-6-5-11-22-12-17/h2-8,11-12,16,18H,9-10,13-15H2,1H3,(H,26,27). The summed E-state index contributed by atoms with van der Waals surface area (Å²) in [6.07, 6.45) is 4.86. The number of pyridine rings is 1. The molecular formula is C21H25N3O3. The van der Waals surface area contributed by atoms with Crippen molar-refractivity contribution in [3.05, 3.63) is 60.4 Å². The van der Waals surface area contributed by atoms with Crippen LogP contribution < -0.4 is 4.90 Å². The fourth-order valence-corrected chi connectivity index (χ4v) is 3.50. The Bertz CT molecular complexity index is 767. The largest absolute Gasteiger partial charge is 0.481 e. The minimum atomic E-state index is -0.824. The van der Waals surface area contributed by atoms with Crippen LogP contribution in [0, 0.1) is 5.92 Å². The van der Waals surface area contributed by atoms with Crippen LogP contribution in [0.15, 0.2) is 54.9 Å². The van der Waals surface area contributed by atoms with Gasteiger partial charge in [-0.25, -0.2) is 0 Å². The van der Waals surface area contributed by atoms with Gasteiger partial charge in [0.25, 0.3) is 0 Å². The van der Waals surface area contributed by atoms with Crippen molar-refractivity contribution < 1.29 is 14.7 Å². The number of piperidine rings is 1. The Balaban J connectivity index is 1.76. The molecule has 2 aromatic rings. The van der Waals surface area contributed by atoms with Crippen molar-refractivity contribution in [1.82, 2.24) is 9.88 Å². The average Bonchev–Trinajstić information content (AvgIpc) is 2.69. The van der Waals surface area contributed by atoms with Crippen molar-refractivity contribution in [1.29, 1.82) is 0 Å². The van der Waals surface area contributed by atoms with Crippen LogP contribution in [0.4, 0.5) is 5.69 Å². The van der Waals surface area contributed by atoms with Crippen molar-refractivity contribution in [2.45, 2.75) is 32.4 Å². The molecule has 6 heteroatoms. The minimum absolute atomic E-state index is 0.0406. The molecule has 1 aromatic carbocycles. The maximum Gasteiger partial charge on any atom is 0.308 e. The summed E-state index contributed by atoms with van der Waals surface area (Å²) >= 11 is 0. The zero-order chi connectivity index (χ0) is 19.2. The van der Waals surface area contributed by atoms with Gasteiger partial charge in [-0.3, -0.25) is 14.6 Å². The van der Waals surface area contributed by atoms with E-state index in [-0.39, 0.29) is 25.0 Å². The number of carbonyl (C=O) groups excluding carboxylic acids is 1. The number of amides is 1. The van der Waals surface area contributed by atoms with Crippen molar-refractivity contribution in [3.63, 3.8) is 0 Å². The molecule has 0 saturated carbocycles. The molecule has 1 N–H and O–H groups in total. The fraction of sp³-hybridized carbons (Fsp3) is 0.381. The van der Waals surface area contributed by atoms with E-state index in [9.17, 15) is 14.7 Å². The number of aliphatic carboxylic acids is 1. The highest BCUT2D eigenvalue weighted by Gasteiger charge is 2.33. The maximum absolute atomic E-state index is 13.0. The topological polar surface area (TPSA) is 73.7 Å². The van der Waals surface area contributed by atoms with E-state index in [2.05, 4.69) is 4.98 Å². The number of hydrogen-bond acceptors (Lipinski definition) is 4. The van der Waals surface area contributed by atoms with E-state index < -0.39 is 11.9 Å². The van der Waals surface area contributed by atoms with E-state index in [1.54, 1.807) is 17.3 Å². The normalized spacial score (nSPS) is 19.5. The van der Waals surface area contributed by atoms with Crippen molar-refractivity contribution in [2.24, 2.45) is 5.92 Å². The highest BCUT2D eigenvalue weighted by Crippen LogP contribution is 2.23. The van der Waals surface area contributed by atoms with Crippen LogP contribution in [0.5, 0.6) is 0 Å². The summed E-state index contributed by atoms with van der Waals surface area (Å²) in [5, 5.41) is 9.32. The first-order valence-electron chi connectivity index (χ1n) is 9.25. The van der Waals surface area contributed by atoms with Gasteiger partial charge < -0.3 is 14.9 Å². The van der Waals surface area contributed by atoms with Gasteiger partial charge in [-0.15, -0.1) is 0 Å². The van der Waals surface area contributed by atoms with Gasteiger partial charge in [-0.2, -0.15) is 0 Å². The third kappa shape index (κ3) is 4.84. The molecule has 1 saturated heterocycles. The number of nitrogens with zero attached hydrogens (tertiary/aromatic N) is 3. The van der Waals surface area contributed by atoms with E-state index in [4.69, 9.17) is 0 Å². The number of aromatic nitrogens is 1. The van der Waals surface area contributed by atoms with Gasteiger partial charge in [0.1, 0.15) is 0 Å². The molecule has 2 atom stereocenters. The molecule has 27 heavy (non-hydrogen) atoms. The number of carbonyl (C=O) groups is 2. The summed E-state index contributed by atoms with van der Waals surface area (Å²) in [6, 6.07) is 13.7. The molecule has 0 radical (unpaired) electrons. The zero-order valence-electron chi connectivity index (χ0n) is 15.5. The molecule has 2 unspecified atom stereocenters. The number of rotatable bonds is 6. The Morgan fingerprint density at radius 1 is 1.19 bits per heavy atom. The first kappa shape index (κ1) is 18.9. The molecule has 0 spiro atoms. The minimum Gasteiger partial charge on any atom is -0.481 e. The van der Waals surface area contributed by atoms with Gasteiger partial charge in [0.2, 0.25) is 5.91 Å². The summed E-state index contributed by atoms with van der Waals surface area (Å²) in [7, 11) is 0. The van der Waals surface area contributed by atoms with Crippen molar-refractivity contribution >= 4 is 17.6 Å². The van der Waals surface area contributed by atoms with Crippen molar-refractivity contribution in [2.75, 3.05) is 18.0 Å². The number of anilines is 1. The third-order valence-electron chi connectivity index (χ3n) is 5.10. The van der Waals surface area contributed by atoms with Gasteiger partial charge in [0.05, 0.1) is 12.5 Å². The number of likely N-dealkylation sites (tertiary alicyclic amines) is 1. The monoisotopic (exact) mass is 367 g/mol. The lowest BCUT2D eigenvalue weighted by atomic mass is 9.93. The van der Waals surface area contributed by atoms with Crippen LogP contribution in [0.3, 0.4) is 0 Å². The zero-order valence-corrected chi connectivity index (χ0v) is 15.5. The summed E-state index contributed by atoms with van der Waals surface area (Å²) in [6.45, 7) is 3.04. The van der Waals surface area contributed by atoms with Crippen LogP contribution >= 0.6 is 0 Å². The molecule has 6 nitrogen and oxygen atoms in total. The first-order valence-corrected chi connectivity index (χ1v) is 9.25. The lowest BCUT2D eigenvalue weighted by Gasteiger charge is -2.38. The molecule has 0 bridgehead atoms. The number of benzene rings is 1. The highest BCUT2D eigenvalue weighted by atomic mass is 16.4. The van der Waals surface area contributed by atoms with Crippen LogP contribution in [0.2, 0.25) is 0 Å². The third-order valence-corrected chi connectivity index (χ3v) is 5.10. The van der Waals surface area contributed by atoms with E-state index in [1.165, 1.54) is 0 Å². The van der Waals surface area contributed by atoms with E-state index in [0.717, 1.165) is 17.7 Å². The Morgan fingerprint density at radius 3 is 2.63 bits per heavy atom. The molecule has 1 aliphatic heterocycles. The molecule has 2 heterocycles. The first-order chi connectivity index (χ1) is 13.0. The lowest BCUT2D eigenvalue weighted by molar-refractivity contribution is -0.146. The number of carboxylic acid groups (broad SMARTS) is 1. The van der Waals surface area contributed by atoms with Gasteiger partial charge in [0, 0.05) is 37.2 Å². The Labute approximate surface area is 159 Å². The second-order valence-electron chi connectivity index (χ2n) is 7.06. The maximum atomic E-state index is 13.0. The molecular weight excluding hydrogens is 342 g/mol. The number of para-hydroxylation sites is 1. The van der Waals surface area contributed by atoms with Crippen LogP contribution in [-0.4, -0.2) is 46.0 Å². The van der Waals surface area contributed by atoms with Crippen LogP contribution in [0.1, 0.15) is 25.3 Å². The van der Waals surface area contributed by atoms with Gasteiger partial charge in [-0.1, -0.05) is 24.3 Å². The second-order valence-corrected chi connectivity index (χ2v) is 7.06. The van der Waals surface area contributed by atoms with Gasteiger partial charge in [-0.05, 0) is 43.5 Å². The van der Waals surface area contributed by atoms with E-state index >= 15 is 0 Å². The number of carboxylic acids is 1. The van der Waals surface area contributed by atoms with Gasteiger partial charge in [0.15, 0.2) is 0 Å². The Kier molecular flexibility index (Phi) is 6.06. The summed E-state index contributed by atoms with van der Waals surface area (Å²) < 4.78 is 0. The average molecular weight is 367 g/mol. The summed E-state index contributed by atoms with van der Waals surface area (Å²) in [5.74, 6) is -1.34. The molecule has 1 amide bonds. The summed E-state index contributed by atoms with van der Waals surface area (Å²) in [4.78, 5) is 32.3.